The first kappa shape index (κ1) is 9.99. The molecule has 2 rings (SSSR count). The summed E-state index contributed by atoms with van der Waals surface area (Å²) < 4.78 is 5.13. The molecule has 0 N–H and O–H groups in total. The molecule has 0 unspecified atom stereocenters. The summed E-state index contributed by atoms with van der Waals surface area (Å²) in [7, 11) is 1.63. The highest BCUT2D eigenvalue weighted by molar-refractivity contribution is 6.30. The number of halogens is 1. The van der Waals surface area contributed by atoms with Gasteiger partial charge in [0.1, 0.15) is 5.75 Å². The van der Waals surface area contributed by atoms with Gasteiger partial charge in [-0.1, -0.05) is 17.7 Å². The first-order valence-corrected chi connectivity index (χ1v) is 4.84. The monoisotopic (exact) mass is 218 g/mol. The number of pyridine rings is 1. The highest BCUT2D eigenvalue weighted by atomic mass is 35.5. The number of benzene rings is 1. The number of methoxy groups -OCH3 is 1. The van der Waals surface area contributed by atoms with Crippen LogP contribution in [0.15, 0.2) is 36.7 Å². The van der Waals surface area contributed by atoms with E-state index in [1.54, 1.807) is 19.5 Å². The summed E-state index contributed by atoms with van der Waals surface area (Å²) in [5.74, 6) is 0.795. The van der Waals surface area contributed by atoms with E-state index < -0.39 is 0 Å². The molecule has 1 aromatic carbocycles. The molecule has 15 heavy (non-hydrogen) atoms. The second-order valence-electron chi connectivity index (χ2n) is 3.03. The number of nitrogens with zero attached hydrogens (tertiary/aromatic N) is 1. The van der Waals surface area contributed by atoms with Gasteiger partial charge in [0.25, 0.3) is 0 Å². The average molecular weight is 219 g/mol. The second kappa shape index (κ2) is 4.32. The quantitative estimate of drug-likeness (QED) is 0.772. The molecule has 75 valence electrons. The van der Waals surface area contributed by atoms with E-state index in [9.17, 15) is 0 Å². The van der Waals surface area contributed by atoms with Crippen molar-refractivity contribution in [2.24, 2.45) is 0 Å². The third-order valence-electron chi connectivity index (χ3n) is 2.02. The SMILES string of the molecule is COc1cc[c]c(-c2cncc(Cl)c2)c1. The van der Waals surface area contributed by atoms with E-state index in [1.807, 2.05) is 24.3 Å². The fourth-order valence-corrected chi connectivity index (χ4v) is 1.47. The molecule has 0 amide bonds. The number of hydrogen-bond donors (Lipinski definition) is 0. The Bertz CT molecular complexity index is 471. The fraction of sp³-hybridized carbons (Fsp3) is 0.0833. The maximum atomic E-state index is 5.86. The summed E-state index contributed by atoms with van der Waals surface area (Å²) in [5, 5.41) is 0.615. The molecule has 1 radical (unpaired) electrons. The van der Waals surface area contributed by atoms with Gasteiger partial charge in [-0.25, -0.2) is 0 Å². The smallest absolute Gasteiger partial charge is 0.119 e. The van der Waals surface area contributed by atoms with Crippen LogP contribution in [0.2, 0.25) is 5.02 Å². The van der Waals surface area contributed by atoms with Crippen LogP contribution in [0.5, 0.6) is 5.75 Å². The topological polar surface area (TPSA) is 22.1 Å². The zero-order valence-electron chi connectivity index (χ0n) is 8.20. The number of aromatic nitrogens is 1. The minimum Gasteiger partial charge on any atom is -0.497 e. The van der Waals surface area contributed by atoms with Gasteiger partial charge < -0.3 is 4.74 Å². The zero-order chi connectivity index (χ0) is 10.7. The van der Waals surface area contributed by atoms with Crippen LogP contribution in [0, 0.1) is 6.07 Å². The van der Waals surface area contributed by atoms with E-state index in [4.69, 9.17) is 16.3 Å². The molecule has 0 aliphatic rings. The Morgan fingerprint density at radius 2 is 2.20 bits per heavy atom. The molecule has 0 aliphatic heterocycles. The normalized spacial score (nSPS) is 10.0. The molecule has 0 bridgehead atoms. The second-order valence-corrected chi connectivity index (χ2v) is 3.47. The van der Waals surface area contributed by atoms with Gasteiger partial charge in [0, 0.05) is 18.0 Å². The fourth-order valence-electron chi connectivity index (χ4n) is 1.30. The molecular weight excluding hydrogens is 210 g/mol. The van der Waals surface area contributed by atoms with Gasteiger partial charge in [-0.15, -0.1) is 0 Å². The van der Waals surface area contributed by atoms with E-state index in [1.165, 1.54) is 0 Å². The van der Waals surface area contributed by atoms with Crippen LogP contribution in [0.3, 0.4) is 0 Å². The van der Waals surface area contributed by atoms with Crippen LogP contribution in [0.4, 0.5) is 0 Å². The lowest BCUT2D eigenvalue weighted by molar-refractivity contribution is 0.415. The molecular formula is C12H9ClNO. The molecule has 3 heteroatoms. The predicted octanol–water partition coefficient (Wildman–Crippen LogP) is 3.21. The lowest BCUT2D eigenvalue weighted by Gasteiger charge is -2.03. The van der Waals surface area contributed by atoms with Crippen molar-refractivity contribution in [1.29, 1.82) is 0 Å². The standard InChI is InChI=1S/C12H9ClNO/c1-15-12-4-2-3-9(6-12)10-5-11(13)8-14-7-10/h2,4-8H,1H3. The Hall–Kier alpha value is -1.54. The van der Waals surface area contributed by atoms with Gasteiger partial charge in [0.05, 0.1) is 12.1 Å². The summed E-state index contributed by atoms with van der Waals surface area (Å²) in [5.41, 5.74) is 1.85. The summed E-state index contributed by atoms with van der Waals surface area (Å²) in [6, 6.07) is 10.5. The van der Waals surface area contributed by atoms with Gasteiger partial charge in [-0.05, 0) is 29.8 Å². The van der Waals surface area contributed by atoms with Crippen molar-refractivity contribution in [2.75, 3.05) is 7.11 Å². The Morgan fingerprint density at radius 3 is 2.93 bits per heavy atom. The molecule has 1 aromatic heterocycles. The van der Waals surface area contributed by atoms with Gasteiger partial charge in [-0.2, -0.15) is 0 Å². The summed E-state index contributed by atoms with van der Waals surface area (Å²) >= 11 is 5.86. The Kier molecular flexibility index (Phi) is 2.88. The molecule has 2 nitrogen and oxygen atoms in total. The molecule has 2 aromatic rings. The predicted molar refractivity (Wildman–Crippen MR) is 60.1 cm³/mol. The maximum Gasteiger partial charge on any atom is 0.119 e. The third-order valence-corrected chi connectivity index (χ3v) is 2.23. The summed E-state index contributed by atoms with van der Waals surface area (Å²) in [6.45, 7) is 0. The molecule has 0 saturated heterocycles. The molecule has 0 atom stereocenters. The van der Waals surface area contributed by atoms with Crippen molar-refractivity contribution in [3.63, 3.8) is 0 Å². The Morgan fingerprint density at radius 1 is 1.33 bits per heavy atom. The van der Waals surface area contributed by atoms with E-state index in [-0.39, 0.29) is 0 Å². The van der Waals surface area contributed by atoms with Gasteiger partial charge >= 0.3 is 0 Å². The van der Waals surface area contributed by atoms with E-state index >= 15 is 0 Å². The first-order valence-electron chi connectivity index (χ1n) is 4.46. The average Bonchev–Trinajstić information content (AvgIpc) is 2.29. The van der Waals surface area contributed by atoms with E-state index in [0.29, 0.717) is 5.02 Å². The summed E-state index contributed by atoms with van der Waals surface area (Å²) in [6.07, 6.45) is 3.35. The van der Waals surface area contributed by atoms with Crippen molar-refractivity contribution >= 4 is 11.6 Å². The van der Waals surface area contributed by atoms with Gasteiger partial charge in [0.15, 0.2) is 0 Å². The summed E-state index contributed by atoms with van der Waals surface area (Å²) in [4.78, 5) is 4.02. The third kappa shape index (κ3) is 2.28. The van der Waals surface area contributed by atoms with Gasteiger partial charge in [-0.3, -0.25) is 4.98 Å². The number of hydrogen-bond acceptors (Lipinski definition) is 2. The highest BCUT2D eigenvalue weighted by Crippen LogP contribution is 2.24. The Balaban J connectivity index is 2.44. The lowest BCUT2D eigenvalue weighted by Crippen LogP contribution is -1.84. The lowest BCUT2D eigenvalue weighted by atomic mass is 10.1. The minimum absolute atomic E-state index is 0.615. The zero-order valence-corrected chi connectivity index (χ0v) is 8.95. The molecule has 1 heterocycles. The van der Waals surface area contributed by atoms with Gasteiger partial charge in [0.2, 0.25) is 0 Å². The van der Waals surface area contributed by atoms with Crippen molar-refractivity contribution in [3.8, 4) is 16.9 Å². The van der Waals surface area contributed by atoms with E-state index in [0.717, 1.165) is 16.9 Å². The van der Waals surface area contributed by atoms with Crippen molar-refractivity contribution in [3.05, 3.63) is 47.7 Å². The maximum absolute atomic E-state index is 5.86. The van der Waals surface area contributed by atoms with Crippen LogP contribution >= 0.6 is 11.6 Å². The molecule has 0 saturated carbocycles. The van der Waals surface area contributed by atoms with Crippen LogP contribution in [-0.2, 0) is 0 Å². The Labute approximate surface area is 93.5 Å². The largest absolute Gasteiger partial charge is 0.497 e. The number of rotatable bonds is 2. The first-order chi connectivity index (χ1) is 7.29. The van der Waals surface area contributed by atoms with Crippen molar-refractivity contribution in [2.45, 2.75) is 0 Å². The van der Waals surface area contributed by atoms with Crippen LogP contribution in [-0.4, -0.2) is 12.1 Å². The molecule has 0 aliphatic carbocycles. The molecule has 0 fully saturated rings. The minimum atomic E-state index is 0.615. The van der Waals surface area contributed by atoms with Crippen molar-refractivity contribution in [1.82, 2.24) is 4.98 Å². The van der Waals surface area contributed by atoms with Crippen molar-refractivity contribution < 1.29 is 4.74 Å². The van der Waals surface area contributed by atoms with Crippen LogP contribution in [0.1, 0.15) is 0 Å². The van der Waals surface area contributed by atoms with Crippen LogP contribution < -0.4 is 4.74 Å². The van der Waals surface area contributed by atoms with Crippen LogP contribution in [0.25, 0.3) is 11.1 Å². The van der Waals surface area contributed by atoms with E-state index in [2.05, 4.69) is 11.1 Å². The number of ether oxygens (including phenoxy) is 1. The molecule has 0 spiro atoms. The highest BCUT2D eigenvalue weighted by Gasteiger charge is 2.00.